The summed E-state index contributed by atoms with van der Waals surface area (Å²) in [4.78, 5) is 15.5. The fraction of sp³-hybridized carbons (Fsp3) is 0.167. The van der Waals surface area contributed by atoms with Crippen molar-refractivity contribution in [2.45, 2.75) is 13.5 Å². The van der Waals surface area contributed by atoms with E-state index in [2.05, 4.69) is 24.3 Å². The monoisotopic (exact) mass is 537 g/mol. The number of thiazole rings is 1. The van der Waals surface area contributed by atoms with Crippen molar-refractivity contribution in [2.24, 2.45) is 0 Å². The van der Waals surface area contributed by atoms with Gasteiger partial charge in [0.25, 0.3) is 5.19 Å². The number of methoxy groups -OCH3 is 2. The largest absolute Gasteiger partial charge is 0.496 e. The first kappa shape index (κ1) is 22.9. The molecule has 0 saturated heterocycles. The minimum Gasteiger partial charge on any atom is -0.496 e. The Kier molecular flexibility index (Phi) is 5.83. The Labute approximate surface area is 215 Å². The SMILES string of the molecule is COc1cc(OCc2nc(-c3ccnc(P)c3)sc2C)c2cc(-c3cn4nc(OC)sc4n3)oc2c1. The van der Waals surface area contributed by atoms with Crippen molar-refractivity contribution in [3.8, 4) is 38.7 Å². The van der Waals surface area contributed by atoms with Crippen molar-refractivity contribution in [3.05, 3.63) is 53.3 Å². The molecule has 6 aromatic rings. The quantitative estimate of drug-likeness (QED) is 0.259. The molecule has 6 rings (SSSR count). The maximum Gasteiger partial charge on any atom is 0.294 e. The number of nitrogens with zero attached hydrogens (tertiary/aromatic N) is 5. The molecule has 0 N–H and O–H groups in total. The van der Waals surface area contributed by atoms with Gasteiger partial charge in [-0.1, -0.05) is 9.24 Å². The Morgan fingerprint density at radius 3 is 2.75 bits per heavy atom. The second-order valence-electron chi connectivity index (χ2n) is 7.85. The summed E-state index contributed by atoms with van der Waals surface area (Å²) >= 11 is 2.99. The van der Waals surface area contributed by atoms with Crippen LogP contribution in [0.2, 0.25) is 0 Å². The molecule has 12 heteroatoms. The van der Waals surface area contributed by atoms with E-state index >= 15 is 0 Å². The van der Waals surface area contributed by atoms with Gasteiger partial charge in [0.05, 0.1) is 36.9 Å². The van der Waals surface area contributed by atoms with E-state index in [9.17, 15) is 0 Å². The van der Waals surface area contributed by atoms with E-state index in [0.29, 0.717) is 45.3 Å². The van der Waals surface area contributed by atoms with Crippen molar-refractivity contribution in [1.82, 2.24) is 24.6 Å². The number of aromatic nitrogens is 5. The molecule has 0 saturated carbocycles. The van der Waals surface area contributed by atoms with Crippen LogP contribution in [0.15, 0.2) is 47.1 Å². The molecule has 0 aliphatic carbocycles. The predicted octanol–water partition coefficient (Wildman–Crippen LogP) is 5.13. The van der Waals surface area contributed by atoms with Crippen LogP contribution in [-0.4, -0.2) is 38.8 Å². The molecule has 0 fully saturated rings. The number of rotatable bonds is 7. The number of pyridine rings is 1. The molecule has 1 atom stereocenters. The lowest BCUT2D eigenvalue weighted by molar-refractivity contribution is 0.303. The van der Waals surface area contributed by atoms with Crippen molar-refractivity contribution in [3.63, 3.8) is 0 Å². The molecule has 0 bridgehead atoms. The van der Waals surface area contributed by atoms with Crippen molar-refractivity contribution < 1.29 is 18.6 Å². The van der Waals surface area contributed by atoms with Crippen LogP contribution in [0.1, 0.15) is 10.6 Å². The summed E-state index contributed by atoms with van der Waals surface area (Å²) < 4.78 is 24.7. The van der Waals surface area contributed by atoms with Crippen molar-refractivity contribution >= 4 is 53.3 Å². The van der Waals surface area contributed by atoms with Crippen LogP contribution >= 0.6 is 31.9 Å². The Morgan fingerprint density at radius 2 is 1.97 bits per heavy atom. The molecular formula is C24H20N5O4PS2. The molecule has 0 aliphatic rings. The second-order valence-corrected chi connectivity index (χ2v) is 10.6. The van der Waals surface area contributed by atoms with E-state index in [0.717, 1.165) is 32.0 Å². The van der Waals surface area contributed by atoms with E-state index < -0.39 is 0 Å². The van der Waals surface area contributed by atoms with Crippen LogP contribution in [0.5, 0.6) is 16.7 Å². The van der Waals surface area contributed by atoms with E-state index in [1.807, 2.05) is 43.5 Å². The summed E-state index contributed by atoms with van der Waals surface area (Å²) in [6.07, 6.45) is 3.59. The molecule has 5 aromatic heterocycles. The summed E-state index contributed by atoms with van der Waals surface area (Å²) in [5, 5.41) is 6.63. The number of fused-ring (bicyclic) bond motifs is 2. The Hall–Kier alpha value is -3.53. The Bertz CT molecular complexity index is 1690. The molecule has 182 valence electrons. The normalized spacial score (nSPS) is 11.4. The first-order valence-corrected chi connectivity index (χ1v) is 13.0. The van der Waals surface area contributed by atoms with E-state index in [4.69, 9.17) is 23.6 Å². The van der Waals surface area contributed by atoms with Gasteiger partial charge < -0.3 is 18.6 Å². The number of furan rings is 1. The van der Waals surface area contributed by atoms with Gasteiger partial charge in [-0.3, -0.25) is 4.98 Å². The van der Waals surface area contributed by atoms with Gasteiger partial charge in [0.1, 0.15) is 34.4 Å². The molecule has 1 unspecified atom stereocenters. The molecule has 0 aliphatic heterocycles. The number of aryl methyl sites for hydroxylation is 1. The molecule has 9 nitrogen and oxygen atoms in total. The van der Waals surface area contributed by atoms with Gasteiger partial charge >= 0.3 is 0 Å². The van der Waals surface area contributed by atoms with Crippen molar-refractivity contribution in [1.29, 1.82) is 0 Å². The van der Waals surface area contributed by atoms with Crippen molar-refractivity contribution in [2.75, 3.05) is 14.2 Å². The third-order valence-corrected chi connectivity index (χ3v) is 7.81. The molecule has 0 amide bonds. The molecule has 36 heavy (non-hydrogen) atoms. The highest BCUT2D eigenvalue weighted by atomic mass is 32.1. The maximum atomic E-state index is 6.26. The first-order valence-electron chi connectivity index (χ1n) is 10.8. The van der Waals surface area contributed by atoms with Gasteiger partial charge in [0.15, 0.2) is 5.76 Å². The topological polar surface area (TPSA) is 96.8 Å². The van der Waals surface area contributed by atoms with Gasteiger partial charge in [0.2, 0.25) is 4.96 Å². The lowest BCUT2D eigenvalue weighted by atomic mass is 10.2. The van der Waals surface area contributed by atoms with Crippen LogP contribution in [0, 0.1) is 6.92 Å². The van der Waals surface area contributed by atoms with E-state index in [1.54, 1.807) is 36.3 Å². The maximum absolute atomic E-state index is 6.26. The third-order valence-electron chi connectivity index (χ3n) is 5.55. The Balaban J connectivity index is 1.31. The smallest absolute Gasteiger partial charge is 0.294 e. The molecule has 5 heterocycles. The average molecular weight is 538 g/mol. The lowest BCUT2D eigenvalue weighted by Crippen LogP contribution is -1.99. The average Bonchev–Trinajstić information content (AvgIpc) is 3.64. The minimum atomic E-state index is 0.313. The van der Waals surface area contributed by atoms with Crippen LogP contribution in [0.25, 0.3) is 38.0 Å². The highest BCUT2D eigenvalue weighted by Gasteiger charge is 2.18. The van der Waals surface area contributed by atoms with Crippen LogP contribution in [0.3, 0.4) is 0 Å². The lowest BCUT2D eigenvalue weighted by Gasteiger charge is -2.08. The summed E-state index contributed by atoms with van der Waals surface area (Å²) in [6, 6.07) is 9.57. The van der Waals surface area contributed by atoms with Crippen LogP contribution in [-0.2, 0) is 6.61 Å². The Morgan fingerprint density at radius 1 is 1.08 bits per heavy atom. The second kappa shape index (κ2) is 9.16. The fourth-order valence-electron chi connectivity index (χ4n) is 3.74. The number of ether oxygens (including phenoxy) is 3. The number of hydrogen-bond donors (Lipinski definition) is 0. The fourth-order valence-corrected chi connectivity index (χ4v) is 5.62. The van der Waals surface area contributed by atoms with Gasteiger partial charge in [-0.15, -0.1) is 16.4 Å². The summed E-state index contributed by atoms with van der Waals surface area (Å²) in [6.45, 7) is 2.36. The summed E-state index contributed by atoms with van der Waals surface area (Å²) in [5.41, 5.74) is 4.10. The van der Waals surface area contributed by atoms with Crippen LogP contribution < -0.4 is 19.6 Å². The van der Waals surface area contributed by atoms with Gasteiger partial charge in [-0.25, -0.2) is 14.5 Å². The highest BCUT2D eigenvalue weighted by Crippen LogP contribution is 2.38. The standard InChI is InChI=1S/C24H20N5O4PS2/c1-12-17(26-22(35-12)13-4-5-25-21(34)6-13)11-32-18-7-14(30-2)8-19-15(18)9-20(33-19)16-10-29-23(27-16)36-24(28-29)31-3/h4-10H,11,34H2,1-3H3. The van der Waals surface area contributed by atoms with Gasteiger partial charge in [0, 0.05) is 28.8 Å². The van der Waals surface area contributed by atoms with E-state index in [1.165, 1.54) is 11.3 Å². The zero-order valence-corrected chi connectivity index (χ0v) is 22.3. The van der Waals surface area contributed by atoms with E-state index in [-0.39, 0.29) is 0 Å². The predicted molar refractivity (Wildman–Crippen MR) is 143 cm³/mol. The number of benzene rings is 1. The summed E-state index contributed by atoms with van der Waals surface area (Å²) in [7, 11) is 5.82. The molecular weight excluding hydrogens is 517 g/mol. The number of imidazole rings is 1. The highest BCUT2D eigenvalue weighted by molar-refractivity contribution is 7.27. The van der Waals surface area contributed by atoms with Gasteiger partial charge in [-0.05, 0) is 36.5 Å². The number of hydrogen-bond acceptors (Lipinski definition) is 10. The third kappa shape index (κ3) is 4.19. The van der Waals surface area contributed by atoms with Gasteiger partial charge in [-0.2, -0.15) is 0 Å². The summed E-state index contributed by atoms with van der Waals surface area (Å²) in [5.74, 6) is 1.89. The zero-order chi connectivity index (χ0) is 24.8. The molecule has 1 aromatic carbocycles. The minimum absolute atomic E-state index is 0.313. The zero-order valence-electron chi connectivity index (χ0n) is 19.5. The molecule has 0 spiro atoms. The molecule has 0 radical (unpaired) electrons. The van der Waals surface area contributed by atoms with Crippen LogP contribution in [0.4, 0.5) is 0 Å². The first-order chi connectivity index (χ1) is 17.5.